The lowest BCUT2D eigenvalue weighted by atomic mass is 9.96. The van der Waals surface area contributed by atoms with Crippen molar-refractivity contribution < 1.29 is 4.79 Å². The summed E-state index contributed by atoms with van der Waals surface area (Å²) in [6.07, 6.45) is 0. The molecular formula is C11H11Br2ClO. The fourth-order valence-corrected chi connectivity index (χ4v) is 2.33. The fraction of sp³-hybridized carbons (Fsp3) is 0.364. The highest BCUT2D eigenvalue weighted by molar-refractivity contribution is 9.10. The standard InChI is InChI=1S/C11H11Br2ClO/c1-6(11(13)7(2)15)9-5-8(12)3-4-10(9)14/h3-6,11H,1-2H3. The van der Waals surface area contributed by atoms with Gasteiger partial charge in [-0.2, -0.15) is 0 Å². The van der Waals surface area contributed by atoms with Gasteiger partial charge < -0.3 is 0 Å². The molecule has 2 unspecified atom stereocenters. The van der Waals surface area contributed by atoms with Crippen molar-refractivity contribution >= 4 is 49.2 Å². The minimum absolute atomic E-state index is 0.0625. The Hall–Kier alpha value is 0.140. The molecule has 1 aromatic carbocycles. The van der Waals surface area contributed by atoms with Gasteiger partial charge in [-0.3, -0.25) is 4.79 Å². The highest BCUT2D eigenvalue weighted by Gasteiger charge is 2.22. The molecule has 0 aliphatic carbocycles. The zero-order valence-corrected chi connectivity index (χ0v) is 12.4. The van der Waals surface area contributed by atoms with E-state index in [-0.39, 0.29) is 16.5 Å². The summed E-state index contributed by atoms with van der Waals surface area (Å²) in [7, 11) is 0. The summed E-state index contributed by atoms with van der Waals surface area (Å²) >= 11 is 12.9. The molecule has 0 saturated heterocycles. The molecule has 1 nitrogen and oxygen atoms in total. The van der Waals surface area contributed by atoms with Crippen LogP contribution in [0.4, 0.5) is 0 Å². The lowest BCUT2D eigenvalue weighted by molar-refractivity contribution is -0.116. The van der Waals surface area contributed by atoms with Crippen LogP contribution in [0.2, 0.25) is 5.02 Å². The molecule has 0 saturated carbocycles. The predicted octanol–water partition coefficient (Wildman–Crippen LogP) is 4.56. The topological polar surface area (TPSA) is 17.1 Å². The highest BCUT2D eigenvalue weighted by Crippen LogP contribution is 2.32. The van der Waals surface area contributed by atoms with Crippen molar-refractivity contribution in [3.8, 4) is 0 Å². The summed E-state index contributed by atoms with van der Waals surface area (Å²) in [5, 5.41) is 0.691. The van der Waals surface area contributed by atoms with Crippen LogP contribution in [-0.4, -0.2) is 10.6 Å². The van der Waals surface area contributed by atoms with Gasteiger partial charge >= 0.3 is 0 Å². The van der Waals surface area contributed by atoms with E-state index in [1.54, 1.807) is 6.92 Å². The lowest BCUT2D eigenvalue weighted by Crippen LogP contribution is -2.17. The molecule has 0 aromatic heterocycles. The highest BCUT2D eigenvalue weighted by atomic mass is 79.9. The van der Waals surface area contributed by atoms with Gasteiger partial charge in [-0.25, -0.2) is 0 Å². The Balaban J connectivity index is 3.04. The second-order valence-electron chi connectivity index (χ2n) is 3.47. The molecule has 0 bridgehead atoms. The summed E-state index contributed by atoms with van der Waals surface area (Å²) in [5.41, 5.74) is 0.975. The largest absolute Gasteiger partial charge is 0.299 e. The number of ketones is 1. The Bertz CT molecular complexity index is 379. The van der Waals surface area contributed by atoms with Crippen LogP contribution in [-0.2, 0) is 4.79 Å². The van der Waals surface area contributed by atoms with Crippen LogP contribution in [0, 0.1) is 0 Å². The molecule has 0 heterocycles. The minimum Gasteiger partial charge on any atom is -0.299 e. The predicted molar refractivity (Wildman–Crippen MR) is 71.0 cm³/mol. The average Bonchev–Trinajstić information content (AvgIpc) is 2.19. The fourth-order valence-electron chi connectivity index (χ4n) is 1.37. The van der Waals surface area contributed by atoms with E-state index in [2.05, 4.69) is 31.9 Å². The van der Waals surface area contributed by atoms with Gasteiger partial charge in [0.05, 0.1) is 4.83 Å². The second kappa shape index (κ2) is 5.46. The van der Waals surface area contributed by atoms with Gasteiger partial charge in [0.1, 0.15) is 5.78 Å². The molecule has 0 spiro atoms. The number of rotatable bonds is 3. The maximum absolute atomic E-state index is 11.3. The molecule has 82 valence electrons. The molecule has 15 heavy (non-hydrogen) atoms. The first-order valence-electron chi connectivity index (χ1n) is 4.53. The van der Waals surface area contributed by atoms with E-state index in [0.29, 0.717) is 5.02 Å². The Morgan fingerprint density at radius 1 is 1.47 bits per heavy atom. The van der Waals surface area contributed by atoms with Crippen LogP contribution in [0.5, 0.6) is 0 Å². The van der Waals surface area contributed by atoms with E-state index in [9.17, 15) is 4.79 Å². The number of Topliss-reactive ketones (excluding diaryl/α,β-unsaturated/α-hetero) is 1. The molecule has 0 aliphatic rings. The van der Waals surface area contributed by atoms with Gasteiger partial charge in [0.2, 0.25) is 0 Å². The SMILES string of the molecule is CC(=O)C(Br)C(C)c1cc(Br)ccc1Cl. The van der Waals surface area contributed by atoms with Crippen molar-refractivity contribution in [2.24, 2.45) is 0 Å². The van der Waals surface area contributed by atoms with Gasteiger partial charge in [0.15, 0.2) is 0 Å². The Labute approximate surface area is 111 Å². The maximum Gasteiger partial charge on any atom is 0.144 e. The Morgan fingerprint density at radius 2 is 2.07 bits per heavy atom. The number of carbonyl (C=O) groups is 1. The van der Waals surface area contributed by atoms with Crippen LogP contribution in [0.25, 0.3) is 0 Å². The summed E-state index contributed by atoms with van der Waals surface area (Å²) < 4.78 is 0.969. The smallest absolute Gasteiger partial charge is 0.144 e. The van der Waals surface area contributed by atoms with Crippen molar-refractivity contribution in [2.75, 3.05) is 0 Å². The zero-order valence-electron chi connectivity index (χ0n) is 8.43. The van der Waals surface area contributed by atoms with Crippen molar-refractivity contribution in [3.63, 3.8) is 0 Å². The molecule has 0 N–H and O–H groups in total. The normalized spacial score (nSPS) is 14.7. The summed E-state index contributed by atoms with van der Waals surface area (Å²) in [6, 6.07) is 5.66. The van der Waals surface area contributed by atoms with E-state index < -0.39 is 0 Å². The van der Waals surface area contributed by atoms with Crippen molar-refractivity contribution in [2.45, 2.75) is 24.6 Å². The van der Waals surface area contributed by atoms with Gasteiger partial charge in [0, 0.05) is 15.4 Å². The third-order valence-corrected chi connectivity index (χ3v) is 4.55. The summed E-state index contributed by atoms with van der Waals surface area (Å²) in [6.45, 7) is 3.55. The number of hydrogen-bond donors (Lipinski definition) is 0. The first kappa shape index (κ1) is 13.2. The van der Waals surface area contributed by atoms with Crippen molar-refractivity contribution in [1.29, 1.82) is 0 Å². The monoisotopic (exact) mass is 352 g/mol. The Kier molecular flexibility index (Phi) is 4.81. The maximum atomic E-state index is 11.3. The van der Waals surface area contributed by atoms with Crippen LogP contribution >= 0.6 is 43.5 Å². The van der Waals surface area contributed by atoms with Gasteiger partial charge in [-0.1, -0.05) is 50.4 Å². The van der Waals surface area contributed by atoms with E-state index in [1.807, 2.05) is 25.1 Å². The number of hydrogen-bond acceptors (Lipinski definition) is 1. The summed E-state index contributed by atoms with van der Waals surface area (Å²) in [4.78, 5) is 11.1. The van der Waals surface area contributed by atoms with Crippen molar-refractivity contribution in [1.82, 2.24) is 0 Å². The number of benzene rings is 1. The van der Waals surface area contributed by atoms with Crippen LogP contribution in [0.1, 0.15) is 25.3 Å². The van der Waals surface area contributed by atoms with Crippen LogP contribution in [0.15, 0.2) is 22.7 Å². The number of halogens is 3. The quantitative estimate of drug-likeness (QED) is 0.728. The second-order valence-corrected chi connectivity index (χ2v) is 5.78. The molecular weight excluding hydrogens is 343 g/mol. The average molecular weight is 354 g/mol. The van der Waals surface area contributed by atoms with E-state index >= 15 is 0 Å². The molecule has 0 aliphatic heterocycles. The third-order valence-electron chi connectivity index (χ3n) is 2.28. The molecule has 0 amide bonds. The van der Waals surface area contributed by atoms with Gasteiger partial charge in [-0.15, -0.1) is 0 Å². The molecule has 1 aromatic rings. The van der Waals surface area contributed by atoms with Crippen LogP contribution in [0.3, 0.4) is 0 Å². The van der Waals surface area contributed by atoms with Crippen molar-refractivity contribution in [3.05, 3.63) is 33.3 Å². The molecule has 2 atom stereocenters. The first-order chi connectivity index (χ1) is 6.93. The van der Waals surface area contributed by atoms with Gasteiger partial charge in [-0.05, 0) is 30.7 Å². The molecule has 4 heteroatoms. The zero-order chi connectivity index (χ0) is 11.6. The van der Waals surface area contributed by atoms with E-state index in [1.165, 1.54) is 0 Å². The van der Waals surface area contributed by atoms with Crippen LogP contribution < -0.4 is 0 Å². The van der Waals surface area contributed by atoms with E-state index in [0.717, 1.165) is 10.0 Å². The van der Waals surface area contributed by atoms with Gasteiger partial charge in [0.25, 0.3) is 0 Å². The summed E-state index contributed by atoms with van der Waals surface area (Å²) in [5.74, 6) is 0.172. The molecule has 0 fully saturated rings. The third kappa shape index (κ3) is 3.30. The lowest BCUT2D eigenvalue weighted by Gasteiger charge is -2.17. The van der Waals surface area contributed by atoms with E-state index in [4.69, 9.17) is 11.6 Å². The molecule has 0 radical (unpaired) electrons. The minimum atomic E-state index is -0.190. The first-order valence-corrected chi connectivity index (χ1v) is 6.61. The molecule has 1 rings (SSSR count). The number of alkyl halides is 1. The Morgan fingerprint density at radius 3 is 2.60 bits per heavy atom. The number of carbonyl (C=O) groups excluding carboxylic acids is 1.